The van der Waals surface area contributed by atoms with Gasteiger partial charge in [-0.05, 0) is 25.0 Å². The van der Waals surface area contributed by atoms with Crippen LogP contribution in [0.1, 0.15) is 23.6 Å². The van der Waals surface area contributed by atoms with Gasteiger partial charge in [0.2, 0.25) is 5.91 Å². The largest absolute Gasteiger partial charge is 0.340 e. The Kier molecular flexibility index (Phi) is 6.11. The summed E-state index contributed by atoms with van der Waals surface area (Å²) in [7, 11) is 0.536. The second-order valence-electron chi connectivity index (χ2n) is 5.84. The Hall–Kier alpha value is -1.94. The summed E-state index contributed by atoms with van der Waals surface area (Å²) in [4.78, 5) is 14.1. The zero-order valence-electron chi connectivity index (χ0n) is 13.9. The molecule has 0 aliphatic heterocycles. The molecule has 2 rings (SSSR count). The van der Waals surface area contributed by atoms with Crippen LogP contribution in [0.15, 0.2) is 54.6 Å². The average Bonchev–Trinajstić information content (AvgIpc) is 2.54. The third kappa shape index (κ3) is 5.03. The number of rotatable bonds is 6. The van der Waals surface area contributed by atoms with Gasteiger partial charge in [-0.1, -0.05) is 60.2 Å². The monoisotopic (exact) mass is 329 g/mol. The van der Waals surface area contributed by atoms with Gasteiger partial charge in [0.1, 0.15) is 5.25 Å². The summed E-state index contributed by atoms with van der Waals surface area (Å²) in [6.45, 7) is 4.29. The van der Waals surface area contributed by atoms with Crippen LogP contribution in [0.25, 0.3) is 0 Å². The summed E-state index contributed by atoms with van der Waals surface area (Å²) in [5.41, 5.74) is 3.22. The predicted octanol–water partition coefficient (Wildman–Crippen LogP) is 3.29. The number of carbonyl (C=O) groups is 1. The lowest BCUT2D eigenvalue weighted by Crippen LogP contribution is -2.37. The third-order valence-corrected chi connectivity index (χ3v) is 5.38. The minimum absolute atomic E-state index is 0.0835. The molecule has 0 heterocycles. The van der Waals surface area contributed by atoms with E-state index in [0.29, 0.717) is 12.3 Å². The van der Waals surface area contributed by atoms with E-state index < -0.39 is 16.0 Å². The summed E-state index contributed by atoms with van der Waals surface area (Å²) in [6.07, 6.45) is 0. The zero-order valence-corrected chi connectivity index (χ0v) is 14.7. The van der Waals surface area contributed by atoms with Gasteiger partial charge in [0, 0.05) is 30.1 Å². The highest BCUT2D eigenvalue weighted by Gasteiger charge is 2.23. The van der Waals surface area contributed by atoms with Crippen molar-refractivity contribution in [3.8, 4) is 0 Å². The van der Waals surface area contributed by atoms with Gasteiger partial charge in [0.25, 0.3) is 0 Å². The minimum Gasteiger partial charge on any atom is -0.340 e. The van der Waals surface area contributed by atoms with Gasteiger partial charge in [-0.25, -0.2) is 0 Å². The first-order valence-electron chi connectivity index (χ1n) is 7.69. The number of nitrogens with zero attached hydrogens (tertiary/aromatic N) is 1. The lowest BCUT2D eigenvalue weighted by Gasteiger charge is -2.21. The molecule has 0 N–H and O–H groups in total. The molecule has 0 saturated carbocycles. The van der Waals surface area contributed by atoms with Crippen LogP contribution < -0.4 is 0 Å². The second-order valence-corrected chi connectivity index (χ2v) is 7.59. The Morgan fingerprint density at radius 1 is 1.09 bits per heavy atom. The van der Waals surface area contributed by atoms with Crippen molar-refractivity contribution in [1.82, 2.24) is 4.90 Å². The fourth-order valence-corrected chi connectivity index (χ4v) is 3.61. The molecule has 0 unspecified atom stereocenters. The molecule has 0 fully saturated rings. The maximum Gasteiger partial charge on any atom is 0.238 e. The van der Waals surface area contributed by atoms with Crippen LogP contribution in [0.5, 0.6) is 0 Å². The SMILES string of the molecule is Cc1cccc(C[S@](=O)[C@H](C)C(=O)N(C)Cc2ccccc2)c1. The number of carbonyl (C=O) groups excluding carboxylic acids is 1. The quantitative estimate of drug-likeness (QED) is 0.815. The second kappa shape index (κ2) is 8.06. The molecule has 4 heteroatoms. The van der Waals surface area contributed by atoms with Crippen LogP contribution in [-0.4, -0.2) is 27.3 Å². The van der Waals surface area contributed by atoms with Crippen LogP contribution in [-0.2, 0) is 27.9 Å². The van der Waals surface area contributed by atoms with E-state index in [4.69, 9.17) is 0 Å². The highest BCUT2D eigenvalue weighted by Crippen LogP contribution is 2.12. The first kappa shape index (κ1) is 17.4. The third-order valence-electron chi connectivity index (χ3n) is 3.77. The van der Waals surface area contributed by atoms with Crippen molar-refractivity contribution in [3.63, 3.8) is 0 Å². The van der Waals surface area contributed by atoms with Crippen molar-refractivity contribution in [1.29, 1.82) is 0 Å². The predicted molar refractivity (Wildman–Crippen MR) is 95.4 cm³/mol. The molecule has 2 atom stereocenters. The first-order valence-corrected chi connectivity index (χ1v) is 9.07. The molecule has 0 bridgehead atoms. The number of hydrogen-bond acceptors (Lipinski definition) is 2. The molecule has 0 aliphatic rings. The molecule has 0 spiro atoms. The van der Waals surface area contributed by atoms with Gasteiger partial charge in [-0.2, -0.15) is 0 Å². The summed E-state index contributed by atoms with van der Waals surface area (Å²) in [6, 6.07) is 17.8. The van der Waals surface area contributed by atoms with Crippen LogP contribution in [0.2, 0.25) is 0 Å². The van der Waals surface area contributed by atoms with Crippen molar-refractivity contribution < 1.29 is 9.00 Å². The first-order chi connectivity index (χ1) is 11.0. The maximum atomic E-state index is 12.5. The fourth-order valence-electron chi connectivity index (χ4n) is 2.45. The highest BCUT2D eigenvalue weighted by atomic mass is 32.2. The maximum absolute atomic E-state index is 12.5. The normalized spacial score (nSPS) is 13.3. The molecule has 0 aromatic heterocycles. The smallest absolute Gasteiger partial charge is 0.238 e. The van der Waals surface area contributed by atoms with Gasteiger partial charge >= 0.3 is 0 Å². The van der Waals surface area contributed by atoms with Gasteiger partial charge in [0.15, 0.2) is 0 Å². The van der Waals surface area contributed by atoms with Crippen molar-refractivity contribution in [2.75, 3.05) is 7.05 Å². The number of aryl methyl sites for hydroxylation is 1. The molecule has 0 aliphatic carbocycles. The number of amides is 1. The van der Waals surface area contributed by atoms with Crippen molar-refractivity contribution in [2.24, 2.45) is 0 Å². The van der Waals surface area contributed by atoms with Gasteiger partial charge in [-0.15, -0.1) is 0 Å². The van der Waals surface area contributed by atoms with Gasteiger partial charge in [-0.3, -0.25) is 9.00 Å². The van der Waals surface area contributed by atoms with Crippen molar-refractivity contribution >= 4 is 16.7 Å². The lowest BCUT2D eigenvalue weighted by atomic mass is 10.2. The molecular formula is C19H23NO2S. The van der Waals surface area contributed by atoms with Gasteiger partial charge < -0.3 is 4.90 Å². The van der Waals surface area contributed by atoms with Crippen LogP contribution in [0.4, 0.5) is 0 Å². The van der Waals surface area contributed by atoms with E-state index >= 15 is 0 Å². The summed E-state index contributed by atoms with van der Waals surface area (Å²) < 4.78 is 12.5. The number of hydrogen-bond donors (Lipinski definition) is 0. The molecule has 2 aromatic carbocycles. The fraction of sp³-hybridized carbons (Fsp3) is 0.316. The van der Waals surface area contributed by atoms with Crippen molar-refractivity contribution in [2.45, 2.75) is 31.4 Å². The Morgan fingerprint density at radius 3 is 2.39 bits per heavy atom. The van der Waals surface area contributed by atoms with Crippen molar-refractivity contribution in [3.05, 3.63) is 71.3 Å². The minimum atomic E-state index is -1.22. The molecule has 2 aromatic rings. The molecular weight excluding hydrogens is 306 g/mol. The van der Waals surface area contributed by atoms with E-state index in [1.54, 1.807) is 18.9 Å². The van der Waals surface area contributed by atoms with Gasteiger partial charge in [0.05, 0.1) is 0 Å². The zero-order chi connectivity index (χ0) is 16.8. The molecule has 23 heavy (non-hydrogen) atoms. The number of benzene rings is 2. The van der Waals surface area contributed by atoms with E-state index in [9.17, 15) is 9.00 Å². The van der Waals surface area contributed by atoms with Crippen LogP contribution in [0.3, 0.4) is 0 Å². The van der Waals surface area contributed by atoms with Crippen LogP contribution >= 0.6 is 0 Å². The topological polar surface area (TPSA) is 37.4 Å². The van der Waals surface area contributed by atoms with E-state index in [1.165, 1.54) is 0 Å². The molecule has 1 amide bonds. The van der Waals surface area contributed by atoms with E-state index in [1.807, 2.05) is 61.5 Å². The highest BCUT2D eigenvalue weighted by molar-refractivity contribution is 7.85. The Bertz CT molecular complexity index is 685. The Morgan fingerprint density at radius 2 is 1.74 bits per heavy atom. The van der Waals surface area contributed by atoms with Crippen LogP contribution in [0, 0.1) is 6.92 Å². The summed E-state index contributed by atoms with van der Waals surface area (Å²) in [5.74, 6) is 0.327. The summed E-state index contributed by atoms with van der Waals surface area (Å²) in [5, 5.41) is -0.510. The van der Waals surface area contributed by atoms with E-state index in [-0.39, 0.29) is 5.91 Å². The van der Waals surface area contributed by atoms with E-state index in [2.05, 4.69) is 0 Å². The van der Waals surface area contributed by atoms with E-state index in [0.717, 1.165) is 16.7 Å². The Labute approximate surface area is 140 Å². The molecule has 0 saturated heterocycles. The standard InChI is InChI=1S/C19H23NO2S/c1-15-8-7-11-18(12-15)14-23(22)16(2)19(21)20(3)13-17-9-5-4-6-10-17/h4-12,16H,13-14H2,1-3H3/t16-,23+/m1/s1. The Balaban J connectivity index is 1.96. The molecule has 122 valence electrons. The molecule has 3 nitrogen and oxygen atoms in total. The average molecular weight is 329 g/mol. The lowest BCUT2D eigenvalue weighted by molar-refractivity contribution is -0.129. The summed E-state index contributed by atoms with van der Waals surface area (Å²) >= 11 is 0. The molecule has 0 radical (unpaired) electrons.